The van der Waals surface area contributed by atoms with E-state index in [-0.39, 0.29) is 23.1 Å². The lowest BCUT2D eigenvalue weighted by molar-refractivity contribution is -0.384. The minimum Gasteiger partial charge on any atom is -0.436 e. The van der Waals surface area contributed by atoms with Crippen molar-refractivity contribution in [2.45, 2.75) is 0 Å². The van der Waals surface area contributed by atoms with Gasteiger partial charge in [0.1, 0.15) is 0 Å². The third-order valence-electron chi connectivity index (χ3n) is 2.20. The normalized spacial score (nSPS) is 10.0. The van der Waals surface area contributed by atoms with Gasteiger partial charge in [0.05, 0.1) is 17.1 Å². The summed E-state index contributed by atoms with van der Waals surface area (Å²) in [5, 5.41) is 10.7. The second kappa shape index (κ2) is 5.27. The van der Waals surface area contributed by atoms with Crippen LogP contribution in [0, 0.1) is 15.9 Å². The van der Waals surface area contributed by atoms with Crippen LogP contribution >= 0.6 is 0 Å². The summed E-state index contributed by atoms with van der Waals surface area (Å²) in [7, 11) is 0. The molecule has 0 atom stereocenters. The maximum atomic E-state index is 13.4. The second-order valence-electron chi connectivity index (χ2n) is 3.48. The van der Waals surface area contributed by atoms with Crippen LogP contribution in [0.3, 0.4) is 0 Å². The second-order valence-corrected chi connectivity index (χ2v) is 3.48. The first-order valence-electron chi connectivity index (χ1n) is 5.15. The van der Waals surface area contributed by atoms with Crippen molar-refractivity contribution in [3.05, 3.63) is 52.3 Å². The van der Waals surface area contributed by atoms with Gasteiger partial charge in [0.25, 0.3) is 5.69 Å². The van der Waals surface area contributed by atoms with Crippen LogP contribution in [0.25, 0.3) is 0 Å². The van der Waals surface area contributed by atoms with Crippen molar-refractivity contribution in [2.75, 3.05) is 5.43 Å². The van der Waals surface area contributed by atoms with E-state index in [4.69, 9.17) is 10.6 Å². The van der Waals surface area contributed by atoms with E-state index >= 15 is 0 Å². The number of pyridine rings is 1. The third-order valence-corrected chi connectivity index (χ3v) is 2.20. The number of nitrogens with zero attached hydrogens (tertiary/aromatic N) is 2. The summed E-state index contributed by atoms with van der Waals surface area (Å²) in [5.74, 6) is 4.37. The van der Waals surface area contributed by atoms with Crippen LogP contribution in [0.5, 0.6) is 11.6 Å². The van der Waals surface area contributed by atoms with E-state index in [0.29, 0.717) is 0 Å². The minimum atomic E-state index is -0.628. The molecule has 7 nitrogen and oxygen atoms in total. The van der Waals surface area contributed by atoms with Crippen molar-refractivity contribution in [1.82, 2.24) is 4.98 Å². The zero-order valence-electron chi connectivity index (χ0n) is 9.54. The van der Waals surface area contributed by atoms with Crippen molar-refractivity contribution in [3.63, 3.8) is 0 Å². The van der Waals surface area contributed by atoms with Crippen LogP contribution in [0.2, 0.25) is 0 Å². The number of nitrogen functional groups attached to an aromatic ring is 1. The zero-order valence-corrected chi connectivity index (χ0v) is 9.54. The predicted octanol–water partition coefficient (Wildman–Crippen LogP) is 2.21. The topological polar surface area (TPSA) is 103 Å². The quantitative estimate of drug-likeness (QED) is 0.498. The number of aromatic nitrogens is 1. The van der Waals surface area contributed by atoms with E-state index in [1.165, 1.54) is 18.2 Å². The van der Waals surface area contributed by atoms with E-state index in [1.807, 2.05) is 0 Å². The Morgan fingerprint density at radius 3 is 2.74 bits per heavy atom. The van der Waals surface area contributed by atoms with E-state index < -0.39 is 10.7 Å². The summed E-state index contributed by atoms with van der Waals surface area (Å²) < 4.78 is 18.5. The van der Waals surface area contributed by atoms with Gasteiger partial charge in [-0.3, -0.25) is 10.1 Å². The molecule has 2 rings (SSSR count). The molecule has 8 heteroatoms. The number of nitro groups is 1. The summed E-state index contributed by atoms with van der Waals surface area (Å²) >= 11 is 0. The van der Waals surface area contributed by atoms with Gasteiger partial charge in [-0.05, 0) is 12.1 Å². The van der Waals surface area contributed by atoms with E-state index in [2.05, 4.69) is 10.4 Å². The van der Waals surface area contributed by atoms with Crippen LogP contribution < -0.4 is 16.0 Å². The van der Waals surface area contributed by atoms with E-state index in [0.717, 1.165) is 12.1 Å². The molecule has 0 fully saturated rings. The van der Waals surface area contributed by atoms with E-state index in [1.54, 1.807) is 6.07 Å². The molecule has 0 radical (unpaired) electrons. The molecule has 0 aliphatic carbocycles. The van der Waals surface area contributed by atoms with Crippen LogP contribution in [0.15, 0.2) is 36.4 Å². The van der Waals surface area contributed by atoms with Crippen LogP contribution in [-0.2, 0) is 0 Å². The summed E-state index contributed by atoms with van der Waals surface area (Å²) in [6.45, 7) is 0. The fourth-order valence-electron chi connectivity index (χ4n) is 1.36. The molecule has 0 unspecified atom stereocenters. The summed E-state index contributed by atoms with van der Waals surface area (Å²) in [6.07, 6.45) is 0. The Kier molecular flexibility index (Phi) is 3.53. The largest absolute Gasteiger partial charge is 0.436 e. The predicted molar refractivity (Wildman–Crippen MR) is 65.2 cm³/mol. The number of anilines is 1. The van der Waals surface area contributed by atoms with Gasteiger partial charge in [0.2, 0.25) is 5.88 Å². The molecule has 1 aromatic heterocycles. The molecular formula is C11H9FN4O3. The van der Waals surface area contributed by atoms with Gasteiger partial charge in [-0.2, -0.15) is 4.98 Å². The molecule has 0 spiro atoms. The van der Waals surface area contributed by atoms with Gasteiger partial charge >= 0.3 is 0 Å². The smallest absolute Gasteiger partial charge is 0.278 e. The van der Waals surface area contributed by atoms with Crippen molar-refractivity contribution in [2.24, 2.45) is 5.84 Å². The molecule has 3 N–H and O–H groups in total. The number of halogens is 1. The Morgan fingerprint density at radius 1 is 1.37 bits per heavy atom. The molecule has 1 aromatic carbocycles. The third kappa shape index (κ3) is 2.93. The number of hydrogen-bond donors (Lipinski definition) is 2. The number of ether oxygens (including phenoxy) is 1. The lowest BCUT2D eigenvalue weighted by Crippen LogP contribution is -2.09. The Bertz CT molecular complexity index is 621. The number of hydrogen-bond acceptors (Lipinski definition) is 6. The molecule has 0 amide bonds. The van der Waals surface area contributed by atoms with Gasteiger partial charge < -0.3 is 10.2 Å². The average Bonchev–Trinajstić information content (AvgIpc) is 2.41. The van der Waals surface area contributed by atoms with Crippen LogP contribution in [0.4, 0.5) is 15.9 Å². The van der Waals surface area contributed by atoms with Crippen molar-refractivity contribution >= 4 is 11.5 Å². The lowest BCUT2D eigenvalue weighted by Gasteiger charge is -2.07. The molecule has 98 valence electrons. The Labute approximate surface area is 107 Å². The van der Waals surface area contributed by atoms with Crippen LogP contribution in [-0.4, -0.2) is 9.91 Å². The van der Waals surface area contributed by atoms with Gasteiger partial charge in [-0.25, -0.2) is 10.2 Å². The summed E-state index contributed by atoms with van der Waals surface area (Å²) in [4.78, 5) is 13.9. The number of benzene rings is 1. The monoisotopic (exact) mass is 264 g/mol. The van der Waals surface area contributed by atoms with E-state index in [9.17, 15) is 14.5 Å². The first-order chi connectivity index (χ1) is 9.10. The summed E-state index contributed by atoms with van der Waals surface area (Å²) in [6, 6.07) is 7.86. The molecule has 2 aromatic rings. The van der Waals surface area contributed by atoms with Crippen molar-refractivity contribution < 1.29 is 14.1 Å². The maximum absolute atomic E-state index is 13.4. The first-order valence-corrected chi connectivity index (χ1v) is 5.15. The van der Waals surface area contributed by atoms with Gasteiger partial charge in [0.15, 0.2) is 17.4 Å². The highest BCUT2D eigenvalue weighted by atomic mass is 19.1. The van der Waals surface area contributed by atoms with Crippen molar-refractivity contribution in [3.8, 4) is 11.6 Å². The minimum absolute atomic E-state index is 0.0422. The maximum Gasteiger partial charge on any atom is 0.278 e. The number of hydrazine groups is 1. The number of nitrogens with two attached hydrogens (primary N) is 1. The van der Waals surface area contributed by atoms with Gasteiger partial charge in [-0.15, -0.1) is 0 Å². The first kappa shape index (κ1) is 12.7. The highest BCUT2D eigenvalue weighted by Crippen LogP contribution is 2.27. The lowest BCUT2D eigenvalue weighted by atomic mass is 10.3. The van der Waals surface area contributed by atoms with Crippen LogP contribution in [0.1, 0.15) is 0 Å². The van der Waals surface area contributed by atoms with Gasteiger partial charge in [0, 0.05) is 0 Å². The molecule has 1 heterocycles. The Balaban J connectivity index is 2.37. The molecule has 0 bridgehead atoms. The highest BCUT2D eigenvalue weighted by Gasteiger charge is 2.13. The Hall–Kier alpha value is -2.74. The number of para-hydroxylation sites is 1. The molecule has 0 aliphatic rings. The fourth-order valence-corrected chi connectivity index (χ4v) is 1.36. The zero-order chi connectivity index (χ0) is 13.8. The number of nitrogens with one attached hydrogen (secondary N) is 1. The highest BCUT2D eigenvalue weighted by molar-refractivity contribution is 5.48. The molecule has 19 heavy (non-hydrogen) atoms. The molecule has 0 saturated carbocycles. The average molecular weight is 264 g/mol. The SMILES string of the molecule is NNc1cc([N+](=O)[O-])cc(Oc2ccccc2F)n1. The molecule has 0 saturated heterocycles. The number of rotatable bonds is 4. The summed E-state index contributed by atoms with van der Waals surface area (Å²) in [5.41, 5.74) is 1.90. The fraction of sp³-hybridized carbons (Fsp3) is 0. The standard InChI is InChI=1S/C11H9FN4O3/c12-8-3-1-2-4-9(8)19-11-6-7(16(17)18)5-10(14-11)15-13/h1-6H,13H2,(H,14,15). The van der Waals surface area contributed by atoms with Gasteiger partial charge in [-0.1, -0.05) is 12.1 Å². The molecular weight excluding hydrogens is 255 g/mol. The molecule has 0 aliphatic heterocycles. The Morgan fingerprint density at radius 2 is 2.11 bits per heavy atom. The van der Waals surface area contributed by atoms with Crippen molar-refractivity contribution in [1.29, 1.82) is 0 Å².